The summed E-state index contributed by atoms with van der Waals surface area (Å²) >= 11 is 0. The van der Waals surface area contributed by atoms with Crippen molar-refractivity contribution >= 4 is 23.1 Å². The number of imidazole rings is 1. The average molecular weight is 470 g/mol. The summed E-state index contributed by atoms with van der Waals surface area (Å²) in [5.41, 5.74) is -0.968. The van der Waals surface area contributed by atoms with Crippen LogP contribution in [-0.2, 0) is 23.1 Å². The lowest BCUT2D eigenvalue weighted by molar-refractivity contribution is -0.205. The zero-order valence-corrected chi connectivity index (χ0v) is 18.7. The number of piperazine rings is 1. The number of carbonyl (C=O) groups excluding carboxylic acids is 1. The molecule has 0 radical (unpaired) electrons. The second-order valence-corrected chi connectivity index (χ2v) is 7.63. The van der Waals surface area contributed by atoms with Crippen LogP contribution in [0.3, 0.4) is 0 Å². The summed E-state index contributed by atoms with van der Waals surface area (Å²) in [5, 5.41) is 2.88. The van der Waals surface area contributed by atoms with Gasteiger partial charge in [-0.1, -0.05) is 12.8 Å². The smallest absolute Gasteiger partial charge is 0.433 e. The standard InChI is InChI=1S/C20H25F3N6O4/c1-5-7-9-28-14-15(29(12(3)6-2)19(32)26(4)16(14)30)25-18(28)27-10-8-24-11-13(27)33-17(31)20(21,22)23/h12-13,24H,6,8-11H2,1-4H3. The minimum Gasteiger partial charge on any atom is -0.433 e. The molecule has 2 unspecified atom stereocenters. The summed E-state index contributed by atoms with van der Waals surface area (Å²) in [6.07, 6.45) is -5.92. The van der Waals surface area contributed by atoms with Gasteiger partial charge >= 0.3 is 17.8 Å². The third kappa shape index (κ3) is 4.47. The normalized spacial score (nSPS) is 17.5. The number of ether oxygens (including phenoxy) is 1. The van der Waals surface area contributed by atoms with Gasteiger partial charge in [0.25, 0.3) is 5.56 Å². The lowest BCUT2D eigenvalue weighted by Gasteiger charge is -2.36. The zero-order valence-electron chi connectivity index (χ0n) is 18.7. The molecule has 3 heterocycles. The van der Waals surface area contributed by atoms with Crippen molar-refractivity contribution in [1.29, 1.82) is 0 Å². The van der Waals surface area contributed by atoms with Gasteiger partial charge in [-0.15, -0.1) is 5.92 Å². The topological polar surface area (TPSA) is 103 Å². The number of halogens is 3. The summed E-state index contributed by atoms with van der Waals surface area (Å²) in [4.78, 5) is 43.3. The molecule has 0 aliphatic carbocycles. The Morgan fingerprint density at radius 1 is 1.36 bits per heavy atom. The first-order valence-corrected chi connectivity index (χ1v) is 10.4. The van der Waals surface area contributed by atoms with Crippen molar-refractivity contribution in [3.8, 4) is 11.8 Å². The maximum Gasteiger partial charge on any atom is 0.491 e. The highest BCUT2D eigenvalue weighted by Crippen LogP contribution is 2.26. The molecule has 3 rings (SSSR count). The van der Waals surface area contributed by atoms with E-state index in [-0.39, 0.29) is 42.8 Å². The van der Waals surface area contributed by atoms with E-state index in [1.165, 1.54) is 21.1 Å². The Balaban J connectivity index is 2.27. The lowest BCUT2D eigenvalue weighted by Crippen LogP contribution is -2.55. The summed E-state index contributed by atoms with van der Waals surface area (Å²) in [6.45, 7) is 5.71. The number of rotatable bonds is 5. The predicted octanol–water partition coefficient (Wildman–Crippen LogP) is 0.732. The van der Waals surface area contributed by atoms with Crippen molar-refractivity contribution < 1.29 is 22.7 Å². The number of hydrogen-bond donors (Lipinski definition) is 1. The minimum absolute atomic E-state index is 0.000148. The first-order chi connectivity index (χ1) is 15.5. The van der Waals surface area contributed by atoms with E-state index in [2.05, 4.69) is 22.1 Å². The van der Waals surface area contributed by atoms with E-state index in [9.17, 15) is 27.6 Å². The van der Waals surface area contributed by atoms with Crippen LogP contribution in [0.15, 0.2) is 9.59 Å². The van der Waals surface area contributed by atoms with Crippen LogP contribution in [0.2, 0.25) is 0 Å². The number of nitrogens with zero attached hydrogens (tertiary/aromatic N) is 5. The van der Waals surface area contributed by atoms with Crippen molar-refractivity contribution in [2.24, 2.45) is 7.05 Å². The number of alkyl halides is 3. The summed E-state index contributed by atoms with van der Waals surface area (Å²) in [6, 6.07) is -0.304. The van der Waals surface area contributed by atoms with Crippen LogP contribution in [0, 0.1) is 11.8 Å². The molecule has 0 aromatic carbocycles. The van der Waals surface area contributed by atoms with Crippen LogP contribution < -0.4 is 21.5 Å². The number of anilines is 1. The highest BCUT2D eigenvalue weighted by atomic mass is 19.4. The number of esters is 1. The second-order valence-electron chi connectivity index (χ2n) is 7.63. The van der Waals surface area contributed by atoms with Crippen LogP contribution in [-0.4, -0.2) is 56.7 Å². The molecule has 0 bridgehead atoms. The molecule has 33 heavy (non-hydrogen) atoms. The van der Waals surface area contributed by atoms with Crippen LogP contribution >= 0.6 is 0 Å². The predicted molar refractivity (Wildman–Crippen MR) is 114 cm³/mol. The zero-order chi connectivity index (χ0) is 24.5. The highest BCUT2D eigenvalue weighted by molar-refractivity contribution is 5.77. The van der Waals surface area contributed by atoms with Gasteiger partial charge in [0.15, 0.2) is 17.4 Å². The van der Waals surface area contributed by atoms with Gasteiger partial charge in [-0.2, -0.15) is 18.2 Å². The molecule has 1 N–H and O–H groups in total. The van der Waals surface area contributed by atoms with Crippen molar-refractivity contribution in [2.45, 2.75) is 52.2 Å². The Bertz CT molecular complexity index is 1230. The summed E-state index contributed by atoms with van der Waals surface area (Å²) in [5.74, 6) is 3.31. The Morgan fingerprint density at radius 2 is 2.06 bits per heavy atom. The van der Waals surface area contributed by atoms with E-state index in [1.807, 2.05) is 6.92 Å². The van der Waals surface area contributed by atoms with Crippen molar-refractivity contribution in [3.05, 3.63) is 20.8 Å². The average Bonchev–Trinajstić information content (AvgIpc) is 3.14. The molecular weight excluding hydrogens is 445 g/mol. The SMILES string of the molecule is CC#CCn1c(N2CCNCC2OC(=O)C(F)(F)F)nc2c1c(=O)n(C)c(=O)n2C(C)CC. The van der Waals surface area contributed by atoms with Gasteiger partial charge < -0.3 is 15.0 Å². The molecule has 1 fully saturated rings. The third-order valence-electron chi connectivity index (χ3n) is 5.53. The molecule has 2 atom stereocenters. The van der Waals surface area contributed by atoms with Gasteiger partial charge in [-0.05, 0) is 20.3 Å². The number of nitrogens with one attached hydrogen (secondary N) is 1. The van der Waals surface area contributed by atoms with Gasteiger partial charge in [0.2, 0.25) is 5.95 Å². The summed E-state index contributed by atoms with van der Waals surface area (Å²) in [7, 11) is 1.35. The number of aromatic nitrogens is 4. The fourth-order valence-corrected chi connectivity index (χ4v) is 3.62. The maximum absolute atomic E-state index is 13.1. The van der Waals surface area contributed by atoms with Crippen molar-refractivity contribution in [3.63, 3.8) is 0 Å². The van der Waals surface area contributed by atoms with Crippen LogP contribution in [0.4, 0.5) is 19.1 Å². The van der Waals surface area contributed by atoms with Crippen LogP contribution in [0.5, 0.6) is 0 Å². The Morgan fingerprint density at radius 3 is 2.67 bits per heavy atom. The summed E-state index contributed by atoms with van der Waals surface area (Å²) < 4.78 is 47.0. The van der Waals surface area contributed by atoms with E-state index >= 15 is 0 Å². The number of hydrogen-bond acceptors (Lipinski definition) is 7. The maximum atomic E-state index is 13.1. The quantitative estimate of drug-likeness (QED) is 0.508. The van der Waals surface area contributed by atoms with Crippen molar-refractivity contribution in [1.82, 2.24) is 24.0 Å². The van der Waals surface area contributed by atoms with Crippen LogP contribution in [0.25, 0.3) is 11.2 Å². The molecule has 13 heteroatoms. The largest absolute Gasteiger partial charge is 0.491 e. The van der Waals surface area contributed by atoms with E-state index in [1.54, 1.807) is 13.8 Å². The fraction of sp³-hybridized carbons (Fsp3) is 0.600. The second kappa shape index (κ2) is 9.30. The molecule has 180 valence electrons. The number of fused-ring (bicyclic) bond motifs is 1. The lowest BCUT2D eigenvalue weighted by atomic mass is 10.2. The molecule has 1 aliphatic heterocycles. The van der Waals surface area contributed by atoms with Crippen LogP contribution in [0.1, 0.15) is 33.2 Å². The third-order valence-corrected chi connectivity index (χ3v) is 5.53. The Labute approximate surface area is 186 Å². The van der Waals surface area contributed by atoms with Gasteiger partial charge in [-0.25, -0.2) is 9.59 Å². The first kappa shape index (κ1) is 24.4. The van der Waals surface area contributed by atoms with E-state index in [0.717, 1.165) is 4.57 Å². The molecular formula is C20H25F3N6O4. The molecule has 2 aromatic heterocycles. The molecule has 0 amide bonds. The Hall–Kier alpha value is -3.27. The van der Waals surface area contributed by atoms with Gasteiger partial charge in [0.05, 0.1) is 13.1 Å². The van der Waals surface area contributed by atoms with Crippen molar-refractivity contribution in [2.75, 3.05) is 24.5 Å². The monoisotopic (exact) mass is 470 g/mol. The molecule has 10 nitrogen and oxygen atoms in total. The molecule has 0 spiro atoms. The van der Waals surface area contributed by atoms with Gasteiger partial charge in [-0.3, -0.25) is 18.5 Å². The Kier molecular flexibility index (Phi) is 6.87. The van der Waals surface area contributed by atoms with E-state index in [0.29, 0.717) is 13.0 Å². The molecule has 1 aliphatic rings. The molecule has 0 saturated carbocycles. The van der Waals surface area contributed by atoms with Gasteiger partial charge in [0, 0.05) is 26.2 Å². The number of carbonyl (C=O) groups is 1. The fourth-order valence-electron chi connectivity index (χ4n) is 3.62. The van der Waals surface area contributed by atoms with Gasteiger partial charge in [0.1, 0.15) is 0 Å². The highest BCUT2D eigenvalue weighted by Gasteiger charge is 2.44. The van der Waals surface area contributed by atoms with E-state index in [4.69, 9.17) is 4.74 Å². The first-order valence-electron chi connectivity index (χ1n) is 10.4. The molecule has 1 saturated heterocycles. The van der Waals surface area contributed by atoms with E-state index < -0.39 is 29.6 Å². The minimum atomic E-state index is -5.16. The molecule has 2 aromatic rings.